The third-order valence-electron chi connectivity index (χ3n) is 3.13. The average Bonchev–Trinajstić information content (AvgIpc) is 2.40. The van der Waals surface area contributed by atoms with Gasteiger partial charge in [0, 0.05) is 13.1 Å². The number of nitrogens with zero attached hydrogens (tertiary/aromatic N) is 1. The van der Waals surface area contributed by atoms with E-state index in [2.05, 4.69) is 11.0 Å². The van der Waals surface area contributed by atoms with E-state index < -0.39 is 0 Å². The van der Waals surface area contributed by atoms with E-state index in [1.165, 1.54) is 0 Å². The van der Waals surface area contributed by atoms with Gasteiger partial charge in [-0.15, -0.1) is 0 Å². The van der Waals surface area contributed by atoms with E-state index >= 15 is 0 Å². The fraction of sp³-hybridized carbons (Fsp3) is 0.571. The number of morpholine rings is 1. The van der Waals surface area contributed by atoms with Gasteiger partial charge in [0.2, 0.25) is 0 Å². The zero-order valence-corrected chi connectivity index (χ0v) is 11.0. The lowest BCUT2D eigenvalue weighted by atomic mass is 10.1. The molecule has 0 radical (unpaired) electrons. The molecule has 1 aromatic carbocycles. The highest BCUT2D eigenvalue weighted by atomic mass is 16.5. The molecular formula is C14H22N2O2. The Hall–Kier alpha value is -1.26. The number of benzene rings is 1. The van der Waals surface area contributed by atoms with E-state index in [9.17, 15) is 0 Å². The Balaban J connectivity index is 2.10. The zero-order chi connectivity index (χ0) is 12.8. The second-order valence-electron chi connectivity index (χ2n) is 4.42. The molecule has 0 aromatic heterocycles. The summed E-state index contributed by atoms with van der Waals surface area (Å²) in [6.45, 7) is 5.92. The fourth-order valence-corrected chi connectivity index (χ4v) is 2.29. The summed E-state index contributed by atoms with van der Waals surface area (Å²) in [5.74, 6) is 0.952. The number of anilines is 1. The molecule has 4 nitrogen and oxygen atoms in total. The normalized spacial score (nSPS) is 19.9. The van der Waals surface area contributed by atoms with E-state index in [-0.39, 0.29) is 6.10 Å². The van der Waals surface area contributed by atoms with Gasteiger partial charge in [0.05, 0.1) is 25.0 Å². The van der Waals surface area contributed by atoms with Crippen molar-refractivity contribution in [3.05, 3.63) is 24.3 Å². The summed E-state index contributed by atoms with van der Waals surface area (Å²) in [5, 5.41) is 0. The quantitative estimate of drug-likeness (QED) is 0.863. The predicted molar refractivity (Wildman–Crippen MR) is 73.2 cm³/mol. The molecule has 2 rings (SSSR count). The van der Waals surface area contributed by atoms with Crippen molar-refractivity contribution in [1.29, 1.82) is 0 Å². The van der Waals surface area contributed by atoms with Crippen LogP contribution in [0.15, 0.2) is 24.3 Å². The minimum Gasteiger partial charge on any atom is -0.492 e. The van der Waals surface area contributed by atoms with Crippen molar-refractivity contribution in [2.24, 2.45) is 5.73 Å². The molecule has 1 fully saturated rings. The molecule has 0 saturated carbocycles. The Labute approximate surface area is 109 Å². The fourth-order valence-electron chi connectivity index (χ4n) is 2.29. The highest BCUT2D eigenvalue weighted by molar-refractivity contribution is 5.58. The lowest BCUT2D eigenvalue weighted by Gasteiger charge is -2.35. The van der Waals surface area contributed by atoms with Gasteiger partial charge in [-0.3, -0.25) is 0 Å². The van der Waals surface area contributed by atoms with Gasteiger partial charge in [-0.2, -0.15) is 0 Å². The molecule has 1 unspecified atom stereocenters. The number of para-hydroxylation sites is 2. The third kappa shape index (κ3) is 3.15. The van der Waals surface area contributed by atoms with Crippen LogP contribution in [0.5, 0.6) is 5.75 Å². The number of nitrogens with two attached hydrogens (primary N) is 1. The molecule has 18 heavy (non-hydrogen) atoms. The van der Waals surface area contributed by atoms with Crippen LogP contribution in [0.2, 0.25) is 0 Å². The van der Waals surface area contributed by atoms with Crippen LogP contribution in [0.25, 0.3) is 0 Å². The maximum atomic E-state index is 5.71. The van der Waals surface area contributed by atoms with E-state index in [0.29, 0.717) is 13.2 Å². The van der Waals surface area contributed by atoms with Crippen LogP contribution in [-0.2, 0) is 4.74 Å². The first-order valence-corrected chi connectivity index (χ1v) is 6.63. The molecule has 0 bridgehead atoms. The molecule has 1 saturated heterocycles. The highest BCUT2D eigenvalue weighted by Gasteiger charge is 2.21. The van der Waals surface area contributed by atoms with Gasteiger partial charge in [0.15, 0.2) is 0 Å². The molecule has 1 aliphatic heterocycles. The Bertz CT molecular complexity index is 369. The van der Waals surface area contributed by atoms with Crippen LogP contribution in [0.3, 0.4) is 0 Å². The van der Waals surface area contributed by atoms with Gasteiger partial charge >= 0.3 is 0 Å². The molecule has 1 atom stereocenters. The standard InChI is InChI=1S/C14H22N2O2/c1-2-17-14-6-4-3-5-13(14)16-9-10-18-12(11-16)7-8-15/h3-6,12H,2,7-11,15H2,1H3. The van der Waals surface area contributed by atoms with Gasteiger partial charge in [-0.1, -0.05) is 12.1 Å². The van der Waals surface area contributed by atoms with Crippen LogP contribution < -0.4 is 15.4 Å². The molecule has 1 heterocycles. The first-order chi connectivity index (χ1) is 8.85. The summed E-state index contributed by atoms with van der Waals surface area (Å²) in [6.07, 6.45) is 1.14. The van der Waals surface area contributed by atoms with Crippen LogP contribution in [0, 0.1) is 0 Å². The van der Waals surface area contributed by atoms with Crippen LogP contribution in [0.1, 0.15) is 13.3 Å². The highest BCUT2D eigenvalue weighted by Crippen LogP contribution is 2.29. The minimum absolute atomic E-state index is 0.235. The molecule has 0 spiro atoms. The van der Waals surface area contributed by atoms with E-state index in [4.69, 9.17) is 15.2 Å². The number of hydrogen-bond donors (Lipinski definition) is 1. The second-order valence-corrected chi connectivity index (χ2v) is 4.42. The topological polar surface area (TPSA) is 47.7 Å². The zero-order valence-electron chi connectivity index (χ0n) is 11.0. The summed E-state index contributed by atoms with van der Waals surface area (Å²) in [4.78, 5) is 2.33. The Morgan fingerprint density at radius 1 is 1.44 bits per heavy atom. The molecule has 100 valence electrons. The maximum absolute atomic E-state index is 5.71. The van der Waals surface area contributed by atoms with Crippen LogP contribution in [-0.4, -0.2) is 39.0 Å². The maximum Gasteiger partial charge on any atom is 0.142 e. The number of ether oxygens (including phenoxy) is 2. The van der Waals surface area contributed by atoms with Crippen molar-refractivity contribution >= 4 is 5.69 Å². The van der Waals surface area contributed by atoms with Gasteiger partial charge in [0.1, 0.15) is 5.75 Å². The molecule has 0 amide bonds. The van der Waals surface area contributed by atoms with Crippen molar-refractivity contribution in [2.45, 2.75) is 19.4 Å². The van der Waals surface area contributed by atoms with Crippen LogP contribution >= 0.6 is 0 Å². The van der Waals surface area contributed by atoms with Crippen LogP contribution in [0.4, 0.5) is 5.69 Å². The first kappa shape index (κ1) is 13.2. The molecule has 1 aromatic rings. The Kier molecular flexibility index (Phi) is 4.84. The van der Waals surface area contributed by atoms with Gasteiger partial charge in [0.25, 0.3) is 0 Å². The SMILES string of the molecule is CCOc1ccccc1N1CCOC(CCN)C1. The molecule has 0 aliphatic carbocycles. The van der Waals surface area contributed by atoms with Crippen molar-refractivity contribution in [3.63, 3.8) is 0 Å². The van der Waals surface area contributed by atoms with E-state index in [1.54, 1.807) is 0 Å². The van der Waals surface area contributed by atoms with Gasteiger partial charge < -0.3 is 20.1 Å². The Morgan fingerprint density at radius 3 is 3.06 bits per heavy atom. The van der Waals surface area contributed by atoms with Crippen molar-refractivity contribution < 1.29 is 9.47 Å². The smallest absolute Gasteiger partial charge is 0.142 e. The minimum atomic E-state index is 0.235. The molecule has 2 N–H and O–H groups in total. The summed E-state index contributed by atoms with van der Waals surface area (Å²) in [6, 6.07) is 8.18. The Morgan fingerprint density at radius 2 is 2.28 bits per heavy atom. The third-order valence-corrected chi connectivity index (χ3v) is 3.13. The van der Waals surface area contributed by atoms with Gasteiger partial charge in [-0.05, 0) is 32.0 Å². The lowest BCUT2D eigenvalue weighted by molar-refractivity contribution is 0.0367. The summed E-state index contributed by atoms with van der Waals surface area (Å²) in [7, 11) is 0. The summed E-state index contributed by atoms with van der Waals surface area (Å²) >= 11 is 0. The average molecular weight is 250 g/mol. The number of hydrogen-bond acceptors (Lipinski definition) is 4. The molecule has 1 aliphatic rings. The van der Waals surface area contributed by atoms with E-state index in [0.717, 1.165) is 37.6 Å². The lowest BCUT2D eigenvalue weighted by Crippen LogP contribution is -2.43. The summed E-state index contributed by atoms with van der Waals surface area (Å²) in [5.41, 5.74) is 6.75. The van der Waals surface area contributed by atoms with Gasteiger partial charge in [-0.25, -0.2) is 0 Å². The second kappa shape index (κ2) is 6.61. The molecule has 4 heteroatoms. The van der Waals surface area contributed by atoms with E-state index in [1.807, 2.05) is 25.1 Å². The van der Waals surface area contributed by atoms with Crippen molar-refractivity contribution in [2.75, 3.05) is 37.7 Å². The summed E-state index contributed by atoms with van der Waals surface area (Å²) < 4.78 is 11.4. The van der Waals surface area contributed by atoms with Crippen molar-refractivity contribution in [3.8, 4) is 5.75 Å². The van der Waals surface area contributed by atoms with Crippen molar-refractivity contribution in [1.82, 2.24) is 0 Å². The molecular weight excluding hydrogens is 228 g/mol. The monoisotopic (exact) mass is 250 g/mol. The largest absolute Gasteiger partial charge is 0.492 e. The first-order valence-electron chi connectivity index (χ1n) is 6.63. The predicted octanol–water partition coefficient (Wildman–Crippen LogP) is 1.64. The number of rotatable bonds is 5.